The fourth-order valence-corrected chi connectivity index (χ4v) is 6.36. The summed E-state index contributed by atoms with van der Waals surface area (Å²) in [6, 6.07) is 19.4. The normalized spacial score (nSPS) is 15.2. The molecule has 1 amide bonds. The van der Waals surface area contributed by atoms with E-state index in [1.54, 1.807) is 24.3 Å². The van der Waals surface area contributed by atoms with E-state index in [2.05, 4.69) is 26.1 Å². The molecule has 4 rings (SSSR count). The fourth-order valence-electron chi connectivity index (χ4n) is 4.71. The molecule has 2 N–H and O–H groups in total. The van der Waals surface area contributed by atoms with Crippen LogP contribution in [0.15, 0.2) is 81.1 Å². The number of carbonyl (C=O) groups excluding carboxylic acids is 1. The molecule has 3 aromatic rings. The minimum atomic E-state index is -3.47. The standard InChI is InChI=1S/C30H32BrN3O5S/c1-3-34(4-2)16-17-40(38,39)24-12-10-23(11-13-24)32-29(21-7-5-6-20(18-21)8-15-27(35)36)28-25-14-9-22(31)19-26(25)33-30(28)37/h5-7,9-14,18-19,28H,3-4,8,15-17H2,1-2H3,(H,33,37)(H,35,36). The molecule has 0 fully saturated rings. The second-order valence-corrected chi connectivity index (χ2v) is 12.6. The topological polar surface area (TPSA) is 116 Å². The van der Waals surface area contributed by atoms with Crippen molar-refractivity contribution in [1.29, 1.82) is 0 Å². The lowest BCUT2D eigenvalue weighted by Crippen LogP contribution is -2.29. The van der Waals surface area contributed by atoms with Crippen LogP contribution in [-0.4, -0.2) is 61.4 Å². The summed E-state index contributed by atoms with van der Waals surface area (Å²) in [6.45, 7) is 6.04. The highest BCUT2D eigenvalue weighted by Crippen LogP contribution is 2.38. The summed E-state index contributed by atoms with van der Waals surface area (Å²) in [6.07, 6.45) is 0.331. The molecular formula is C30H32BrN3O5S. The quantitative estimate of drug-likeness (QED) is 0.259. The maximum absolute atomic E-state index is 13.2. The van der Waals surface area contributed by atoms with E-state index in [0.29, 0.717) is 35.6 Å². The number of carbonyl (C=O) groups is 2. The van der Waals surface area contributed by atoms with E-state index in [-0.39, 0.29) is 23.0 Å². The number of fused-ring (bicyclic) bond motifs is 1. The average molecular weight is 627 g/mol. The molecule has 8 nitrogen and oxygen atoms in total. The van der Waals surface area contributed by atoms with E-state index in [1.165, 1.54) is 0 Å². The van der Waals surface area contributed by atoms with Gasteiger partial charge in [0.2, 0.25) is 5.91 Å². The van der Waals surface area contributed by atoms with Crippen LogP contribution in [0.4, 0.5) is 11.4 Å². The van der Waals surface area contributed by atoms with Crippen LogP contribution in [0.5, 0.6) is 0 Å². The van der Waals surface area contributed by atoms with E-state index < -0.39 is 21.7 Å². The van der Waals surface area contributed by atoms with Gasteiger partial charge in [-0.2, -0.15) is 0 Å². The lowest BCUT2D eigenvalue weighted by atomic mass is 9.89. The van der Waals surface area contributed by atoms with Crippen molar-refractivity contribution in [2.24, 2.45) is 4.99 Å². The van der Waals surface area contributed by atoms with Crippen LogP contribution in [0.2, 0.25) is 0 Å². The van der Waals surface area contributed by atoms with E-state index in [9.17, 15) is 18.0 Å². The summed E-state index contributed by atoms with van der Waals surface area (Å²) in [4.78, 5) is 31.5. The molecule has 0 saturated heterocycles. The minimum Gasteiger partial charge on any atom is -0.481 e. The molecule has 0 radical (unpaired) electrons. The number of amides is 1. The summed E-state index contributed by atoms with van der Waals surface area (Å²) in [5.74, 6) is -1.78. The van der Waals surface area contributed by atoms with Gasteiger partial charge in [0.25, 0.3) is 0 Å². The number of benzene rings is 3. The Kier molecular flexibility index (Phi) is 9.55. The second kappa shape index (κ2) is 12.9. The van der Waals surface area contributed by atoms with Gasteiger partial charge in [-0.25, -0.2) is 8.42 Å². The van der Waals surface area contributed by atoms with Crippen LogP contribution in [0.3, 0.4) is 0 Å². The molecule has 0 saturated carbocycles. The largest absolute Gasteiger partial charge is 0.481 e. The zero-order valence-corrected chi connectivity index (χ0v) is 24.8. The van der Waals surface area contributed by atoms with Crippen molar-refractivity contribution in [2.45, 2.75) is 37.5 Å². The van der Waals surface area contributed by atoms with Crippen molar-refractivity contribution < 1.29 is 23.1 Å². The molecular weight excluding hydrogens is 594 g/mol. The Morgan fingerprint density at radius 1 is 1.05 bits per heavy atom. The number of carboxylic acid groups (broad SMARTS) is 1. The molecule has 0 aliphatic carbocycles. The van der Waals surface area contributed by atoms with Gasteiger partial charge in [-0.1, -0.05) is 54.0 Å². The van der Waals surface area contributed by atoms with Crippen molar-refractivity contribution in [1.82, 2.24) is 4.90 Å². The van der Waals surface area contributed by atoms with Gasteiger partial charge in [-0.15, -0.1) is 0 Å². The number of nitrogens with one attached hydrogen (secondary N) is 1. The molecule has 1 aliphatic rings. The maximum Gasteiger partial charge on any atom is 0.303 e. The number of carboxylic acids is 1. The van der Waals surface area contributed by atoms with Crippen molar-refractivity contribution in [3.8, 4) is 0 Å². The summed E-state index contributed by atoms with van der Waals surface area (Å²) >= 11 is 3.45. The number of anilines is 1. The second-order valence-electron chi connectivity index (χ2n) is 9.58. The molecule has 210 valence electrons. The molecule has 1 unspecified atom stereocenters. The van der Waals surface area contributed by atoms with Gasteiger partial charge in [-0.05, 0) is 78.7 Å². The van der Waals surface area contributed by atoms with Gasteiger partial charge in [-0.3, -0.25) is 14.6 Å². The molecule has 1 heterocycles. The number of hydrogen-bond acceptors (Lipinski definition) is 6. The average Bonchev–Trinajstić information content (AvgIpc) is 3.25. The predicted molar refractivity (Wildman–Crippen MR) is 160 cm³/mol. The van der Waals surface area contributed by atoms with Crippen LogP contribution in [-0.2, 0) is 25.8 Å². The third-order valence-corrected chi connectivity index (χ3v) is 9.19. The van der Waals surface area contributed by atoms with Gasteiger partial charge in [0.1, 0.15) is 5.92 Å². The highest BCUT2D eigenvalue weighted by molar-refractivity contribution is 9.10. The number of rotatable bonds is 12. The smallest absolute Gasteiger partial charge is 0.303 e. The van der Waals surface area contributed by atoms with Gasteiger partial charge in [0, 0.05) is 23.1 Å². The first kappa shape index (κ1) is 29.6. The Balaban J connectivity index is 1.72. The van der Waals surface area contributed by atoms with E-state index >= 15 is 0 Å². The monoisotopic (exact) mass is 625 g/mol. The number of nitrogens with zero attached hydrogens (tertiary/aromatic N) is 2. The third-order valence-electron chi connectivity index (χ3n) is 6.99. The molecule has 1 atom stereocenters. The number of aliphatic imine (C=N–C) groups is 1. The van der Waals surface area contributed by atoms with Crippen molar-refractivity contribution >= 4 is 54.7 Å². The molecule has 10 heteroatoms. The maximum atomic E-state index is 13.2. The van der Waals surface area contributed by atoms with Crippen LogP contribution >= 0.6 is 15.9 Å². The lowest BCUT2D eigenvalue weighted by Gasteiger charge is -2.17. The zero-order valence-electron chi connectivity index (χ0n) is 22.4. The van der Waals surface area contributed by atoms with Crippen LogP contribution < -0.4 is 5.32 Å². The molecule has 0 aromatic heterocycles. The van der Waals surface area contributed by atoms with Gasteiger partial charge >= 0.3 is 5.97 Å². The van der Waals surface area contributed by atoms with Crippen LogP contribution in [0, 0.1) is 0 Å². The molecule has 0 bridgehead atoms. The Labute approximate surface area is 243 Å². The number of aliphatic carboxylic acids is 1. The van der Waals surface area contributed by atoms with Crippen molar-refractivity contribution in [3.05, 3.63) is 87.9 Å². The number of hydrogen-bond donors (Lipinski definition) is 2. The molecule has 40 heavy (non-hydrogen) atoms. The Bertz CT molecular complexity index is 1530. The van der Waals surface area contributed by atoms with Crippen LogP contribution in [0.25, 0.3) is 0 Å². The Hall–Kier alpha value is -3.34. The summed E-state index contributed by atoms with van der Waals surface area (Å²) in [7, 11) is -3.47. The van der Waals surface area contributed by atoms with E-state index in [0.717, 1.165) is 28.7 Å². The lowest BCUT2D eigenvalue weighted by molar-refractivity contribution is -0.137. The number of halogens is 1. The molecule has 1 aliphatic heterocycles. The first-order valence-corrected chi connectivity index (χ1v) is 15.6. The SMILES string of the molecule is CCN(CC)CCS(=O)(=O)c1ccc(N=C(c2cccc(CCC(=O)O)c2)C2C(=O)Nc3cc(Br)ccc32)cc1. The molecule has 0 spiro atoms. The predicted octanol–water partition coefficient (Wildman–Crippen LogP) is 5.44. The first-order chi connectivity index (χ1) is 19.1. The number of aryl methyl sites for hydroxylation is 1. The zero-order chi connectivity index (χ0) is 28.9. The van der Waals surface area contributed by atoms with Gasteiger partial charge in [0.05, 0.1) is 22.0 Å². The van der Waals surface area contributed by atoms with Gasteiger partial charge < -0.3 is 15.3 Å². The highest BCUT2D eigenvalue weighted by atomic mass is 79.9. The van der Waals surface area contributed by atoms with Gasteiger partial charge in [0.15, 0.2) is 9.84 Å². The van der Waals surface area contributed by atoms with Crippen molar-refractivity contribution in [3.63, 3.8) is 0 Å². The van der Waals surface area contributed by atoms with Crippen LogP contribution in [0.1, 0.15) is 42.9 Å². The highest BCUT2D eigenvalue weighted by Gasteiger charge is 2.35. The summed E-state index contributed by atoms with van der Waals surface area (Å²) in [5, 5.41) is 12.1. The van der Waals surface area contributed by atoms with E-state index in [1.807, 2.05) is 56.3 Å². The summed E-state index contributed by atoms with van der Waals surface area (Å²) < 4.78 is 26.7. The first-order valence-electron chi connectivity index (χ1n) is 13.2. The summed E-state index contributed by atoms with van der Waals surface area (Å²) in [5.41, 5.74) is 3.97. The minimum absolute atomic E-state index is 0.0130. The fraction of sp³-hybridized carbons (Fsp3) is 0.300. The molecule has 3 aromatic carbocycles. The number of sulfone groups is 1. The van der Waals surface area contributed by atoms with Crippen molar-refractivity contribution in [2.75, 3.05) is 30.7 Å². The van der Waals surface area contributed by atoms with E-state index in [4.69, 9.17) is 10.1 Å². The Morgan fingerprint density at radius 2 is 1.77 bits per heavy atom. The Morgan fingerprint density at radius 3 is 2.45 bits per heavy atom. The third kappa shape index (κ3) is 7.04.